The molecule has 0 amide bonds. The van der Waals surface area contributed by atoms with Gasteiger partial charge in [-0.3, -0.25) is 4.79 Å². The molecular weight excluding hydrogens is 288 g/mol. The van der Waals surface area contributed by atoms with Gasteiger partial charge in [0.15, 0.2) is 6.10 Å². The van der Waals surface area contributed by atoms with Crippen LogP contribution >= 0.6 is 11.6 Å². The Hall–Kier alpha value is -1.84. The second-order valence-corrected chi connectivity index (χ2v) is 5.90. The summed E-state index contributed by atoms with van der Waals surface area (Å²) in [6, 6.07) is 14.9. The summed E-state index contributed by atoms with van der Waals surface area (Å²) in [4.78, 5) is 12.4. The summed E-state index contributed by atoms with van der Waals surface area (Å²) in [6.07, 6.45) is 0.0322. The Morgan fingerprint density at radius 2 is 2.00 bits per heavy atom. The van der Waals surface area contributed by atoms with Crippen LogP contribution in [0.15, 0.2) is 48.5 Å². The Balaban J connectivity index is 1.59. The molecule has 2 atom stereocenters. The third kappa shape index (κ3) is 2.13. The molecule has 2 aromatic carbocycles. The molecule has 0 radical (unpaired) electrons. The molecule has 0 N–H and O–H groups in total. The number of carbonyl (C=O) groups excluding carboxylic acids is 1. The van der Waals surface area contributed by atoms with Crippen LogP contribution in [0.2, 0.25) is 5.02 Å². The molecule has 4 rings (SSSR count). The molecule has 2 unspecified atom stereocenters. The predicted octanol–water partition coefficient (Wildman–Crippen LogP) is 3.60. The number of ether oxygens (including phenoxy) is 2. The number of rotatable bonds is 3. The Morgan fingerprint density at radius 1 is 1.19 bits per heavy atom. The van der Waals surface area contributed by atoms with Gasteiger partial charge in [0.1, 0.15) is 11.4 Å². The summed E-state index contributed by atoms with van der Waals surface area (Å²) >= 11 is 6.04. The molecule has 2 aliphatic rings. The molecule has 3 nitrogen and oxygen atoms in total. The monoisotopic (exact) mass is 300 g/mol. The van der Waals surface area contributed by atoms with Crippen molar-refractivity contribution in [1.29, 1.82) is 0 Å². The summed E-state index contributed by atoms with van der Waals surface area (Å²) < 4.78 is 11.4. The molecule has 2 heterocycles. The van der Waals surface area contributed by atoms with Gasteiger partial charge in [-0.15, -0.1) is 0 Å². The summed E-state index contributed by atoms with van der Waals surface area (Å²) in [5, 5.41) is 0.671. The van der Waals surface area contributed by atoms with Crippen molar-refractivity contribution < 1.29 is 14.3 Å². The van der Waals surface area contributed by atoms with E-state index in [1.54, 1.807) is 6.07 Å². The third-order valence-corrected chi connectivity index (χ3v) is 4.31. The van der Waals surface area contributed by atoms with Crippen LogP contribution in [0.3, 0.4) is 0 Å². The number of ketones is 1. The number of hydrogen-bond acceptors (Lipinski definition) is 3. The number of hydrogen-bond donors (Lipinski definition) is 0. The number of para-hydroxylation sites is 1. The molecule has 0 aromatic heterocycles. The van der Waals surface area contributed by atoms with Crippen molar-refractivity contribution in [1.82, 2.24) is 0 Å². The van der Waals surface area contributed by atoms with E-state index in [-0.39, 0.29) is 5.78 Å². The molecule has 0 bridgehead atoms. The van der Waals surface area contributed by atoms with Crippen LogP contribution < -0.4 is 4.74 Å². The van der Waals surface area contributed by atoms with Crippen LogP contribution in [0.25, 0.3) is 0 Å². The quantitative estimate of drug-likeness (QED) is 0.813. The zero-order valence-corrected chi connectivity index (χ0v) is 12.0. The van der Waals surface area contributed by atoms with Crippen molar-refractivity contribution in [3.8, 4) is 5.75 Å². The highest BCUT2D eigenvalue weighted by Gasteiger charge is 2.51. The first-order valence-electron chi connectivity index (χ1n) is 6.88. The smallest absolute Gasteiger partial charge is 0.207 e. The van der Waals surface area contributed by atoms with Gasteiger partial charge in [-0.25, -0.2) is 0 Å². The zero-order chi connectivity index (χ0) is 14.4. The van der Waals surface area contributed by atoms with E-state index in [4.69, 9.17) is 21.1 Å². The maximum atomic E-state index is 12.4. The lowest BCUT2D eigenvalue weighted by molar-refractivity contribution is 0.0796. The van der Waals surface area contributed by atoms with Crippen LogP contribution in [0.5, 0.6) is 5.75 Å². The summed E-state index contributed by atoms with van der Waals surface area (Å²) in [5.74, 6) is 0.692. The first kappa shape index (κ1) is 12.9. The molecule has 0 saturated carbocycles. The third-order valence-electron chi connectivity index (χ3n) is 4.07. The average molecular weight is 301 g/mol. The molecule has 4 heteroatoms. The summed E-state index contributed by atoms with van der Waals surface area (Å²) in [7, 11) is 0. The number of fused-ring (bicyclic) bond motifs is 1. The van der Waals surface area contributed by atoms with Gasteiger partial charge < -0.3 is 9.47 Å². The Kier molecular flexibility index (Phi) is 2.81. The number of halogens is 1. The maximum absolute atomic E-state index is 12.4. The fraction of sp³-hybridized carbons (Fsp3) is 0.235. The van der Waals surface area contributed by atoms with Crippen LogP contribution in [-0.2, 0) is 10.3 Å². The fourth-order valence-corrected chi connectivity index (χ4v) is 3.04. The van der Waals surface area contributed by atoms with E-state index >= 15 is 0 Å². The lowest BCUT2D eigenvalue weighted by atomic mass is 9.91. The highest BCUT2D eigenvalue weighted by atomic mass is 35.5. The first-order valence-corrected chi connectivity index (χ1v) is 7.26. The van der Waals surface area contributed by atoms with E-state index in [1.165, 1.54) is 0 Å². The van der Waals surface area contributed by atoms with Crippen LogP contribution in [0, 0.1) is 0 Å². The summed E-state index contributed by atoms with van der Waals surface area (Å²) in [6.45, 7) is 0.594. The van der Waals surface area contributed by atoms with Gasteiger partial charge in [-0.2, -0.15) is 0 Å². The Bertz CT molecular complexity index is 721. The molecular formula is C17H13ClO3. The lowest BCUT2D eigenvalue weighted by Gasteiger charge is -2.16. The van der Waals surface area contributed by atoms with Crippen LogP contribution in [-0.4, -0.2) is 18.5 Å². The lowest BCUT2D eigenvalue weighted by Crippen LogP contribution is -2.27. The van der Waals surface area contributed by atoms with Crippen molar-refractivity contribution in [2.75, 3.05) is 6.61 Å². The van der Waals surface area contributed by atoms with E-state index in [0.717, 1.165) is 5.56 Å². The number of benzene rings is 2. The normalized spacial score (nSPS) is 26.3. The molecule has 1 saturated heterocycles. The minimum absolute atomic E-state index is 0.0301. The number of Topliss-reactive ketones (excluding diaryl/α,β-unsaturated/α-hetero) is 1. The SMILES string of the molecule is O=C1c2ccccc2OC1CC1(c2cccc(Cl)c2)CO1. The van der Waals surface area contributed by atoms with Crippen molar-refractivity contribution in [3.63, 3.8) is 0 Å². The predicted molar refractivity (Wildman–Crippen MR) is 78.9 cm³/mol. The molecule has 2 aromatic rings. The fourth-order valence-electron chi connectivity index (χ4n) is 2.85. The number of epoxide rings is 1. The first-order chi connectivity index (χ1) is 10.2. The molecule has 0 aliphatic carbocycles. The molecule has 21 heavy (non-hydrogen) atoms. The van der Waals surface area contributed by atoms with E-state index in [0.29, 0.717) is 29.4 Å². The van der Waals surface area contributed by atoms with Crippen molar-refractivity contribution in [3.05, 3.63) is 64.7 Å². The highest BCUT2D eigenvalue weighted by Crippen LogP contribution is 2.46. The Morgan fingerprint density at radius 3 is 2.71 bits per heavy atom. The van der Waals surface area contributed by atoms with Gasteiger partial charge in [-0.05, 0) is 29.8 Å². The zero-order valence-electron chi connectivity index (χ0n) is 11.2. The minimum atomic E-state index is -0.483. The van der Waals surface area contributed by atoms with Crippen LogP contribution in [0.4, 0.5) is 0 Å². The van der Waals surface area contributed by atoms with Gasteiger partial charge in [0.2, 0.25) is 5.78 Å². The summed E-state index contributed by atoms with van der Waals surface area (Å²) in [5.41, 5.74) is 1.22. The molecule has 0 spiro atoms. The van der Waals surface area contributed by atoms with E-state index in [9.17, 15) is 4.79 Å². The second-order valence-electron chi connectivity index (χ2n) is 5.46. The molecule has 1 fully saturated rings. The van der Waals surface area contributed by atoms with Crippen molar-refractivity contribution in [2.45, 2.75) is 18.1 Å². The molecule has 2 aliphatic heterocycles. The standard InChI is InChI=1S/C17H13ClO3/c18-12-5-3-4-11(8-12)17(10-20-17)9-15-16(19)13-6-1-2-7-14(13)21-15/h1-8,15H,9-10H2. The van der Waals surface area contributed by atoms with E-state index < -0.39 is 11.7 Å². The van der Waals surface area contributed by atoms with Crippen molar-refractivity contribution in [2.24, 2.45) is 0 Å². The van der Waals surface area contributed by atoms with Gasteiger partial charge in [0, 0.05) is 11.4 Å². The van der Waals surface area contributed by atoms with Gasteiger partial charge >= 0.3 is 0 Å². The largest absolute Gasteiger partial charge is 0.481 e. The maximum Gasteiger partial charge on any atom is 0.207 e. The topological polar surface area (TPSA) is 38.8 Å². The average Bonchev–Trinajstić information content (AvgIpc) is 3.21. The molecule has 106 valence electrons. The van der Waals surface area contributed by atoms with Gasteiger partial charge in [0.05, 0.1) is 12.2 Å². The van der Waals surface area contributed by atoms with E-state index in [2.05, 4.69) is 0 Å². The van der Waals surface area contributed by atoms with Gasteiger partial charge in [-0.1, -0.05) is 35.9 Å². The second kappa shape index (κ2) is 4.58. The minimum Gasteiger partial charge on any atom is -0.481 e. The highest BCUT2D eigenvalue weighted by molar-refractivity contribution is 6.30. The van der Waals surface area contributed by atoms with E-state index in [1.807, 2.05) is 42.5 Å². The van der Waals surface area contributed by atoms with Crippen molar-refractivity contribution >= 4 is 17.4 Å². The van der Waals surface area contributed by atoms with Crippen LogP contribution in [0.1, 0.15) is 22.3 Å². The van der Waals surface area contributed by atoms with Gasteiger partial charge in [0.25, 0.3) is 0 Å². The Labute approximate surface area is 127 Å². The number of carbonyl (C=O) groups is 1.